The number of nitrogens with one attached hydrogen (secondary N) is 1. The van der Waals surface area contributed by atoms with Gasteiger partial charge in [0.2, 0.25) is 0 Å². The van der Waals surface area contributed by atoms with Gasteiger partial charge in [-0.3, -0.25) is 0 Å². The van der Waals surface area contributed by atoms with Gasteiger partial charge in [-0.15, -0.1) is 12.4 Å². The summed E-state index contributed by atoms with van der Waals surface area (Å²) in [5, 5.41) is 6.19. The molecule has 0 aromatic rings. The number of halogens is 2. The molecule has 4 heteroatoms. The van der Waals surface area contributed by atoms with Crippen molar-refractivity contribution in [1.29, 1.82) is 5.41 Å². The van der Waals surface area contributed by atoms with Gasteiger partial charge in [0, 0.05) is 6.54 Å². The fraction of sp³-hybridized carbons (Fsp3) is 0.667. The molecule has 0 radical (unpaired) electrons. The lowest BCUT2D eigenvalue weighted by Crippen LogP contribution is -3.00. The summed E-state index contributed by atoms with van der Waals surface area (Å²) in [4.78, 5) is 3.39. The summed E-state index contributed by atoms with van der Waals surface area (Å²) in [5.74, 6) is 0. The van der Waals surface area contributed by atoms with E-state index in [4.69, 9.17) is 5.41 Å². The molecule has 0 saturated heterocycles. The zero-order valence-corrected chi connectivity index (χ0v) is 5.51. The third-order valence-electron chi connectivity index (χ3n) is 0.237. The second-order valence-corrected chi connectivity index (χ2v) is 0.586. The minimum Gasteiger partial charge on any atom is -1.00 e. The van der Waals surface area contributed by atoms with Crippen LogP contribution in [0.15, 0.2) is 4.99 Å². The average Bonchev–Trinajstić information content (AvgIpc) is 1.41. The maximum atomic E-state index is 6.19. The Morgan fingerprint density at radius 1 is 1.71 bits per heavy atom. The van der Waals surface area contributed by atoms with Gasteiger partial charge in [0.15, 0.2) is 0 Å². The molecule has 0 unspecified atom stereocenters. The molecule has 0 aromatic carbocycles. The molecule has 0 amide bonds. The highest BCUT2D eigenvalue weighted by molar-refractivity contribution is 5.85. The lowest BCUT2D eigenvalue weighted by atomic mass is 10.8. The Morgan fingerprint density at radius 3 is 2.14 bits per heavy atom. The minimum atomic E-state index is 0. The fourth-order valence-corrected chi connectivity index (χ4v) is 0.0791. The van der Waals surface area contributed by atoms with E-state index in [2.05, 4.69) is 4.99 Å². The van der Waals surface area contributed by atoms with Crippen LogP contribution in [0.1, 0.15) is 6.92 Å². The first-order valence-electron chi connectivity index (χ1n) is 1.50. The normalized spacial score (nSPS) is 4.14. The summed E-state index contributed by atoms with van der Waals surface area (Å²) in [7, 11) is 0. The molecular formula is C3H7Cl2N2-. The smallest absolute Gasteiger partial charge is 0.0861 e. The van der Waals surface area contributed by atoms with E-state index >= 15 is 0 Å². The highest BCUT2D eigenvalue weighted by Gasteiger charge is 1.49. The van der Waals surface area contributed by atoms with Crippen LogP contribution in [0.25, 0.3) is 0 Å². The highest BCUT2D eigenvalue weighted by atomic mass is 35.5. The summed E-state index contributed by atoms with van der Waals surface area (Å²) >= 11 is 0. The molecule has 0 aromatic heterocycles. The van der Waals surface area contributed by atoms with Crippen molar-refractivity contribution in [1.82, 2.24) is 0 Å². The molecule has 0 fully saturated rings. The Morgan fingerprint density at radius 2 is 2.14 bits per heavy atom. The van der Waals surface area contributed by atoms with Crippen LogP contribution >= 0.6 is 12.4 Å². The second kappa shape index (κ2) is 16.7. The number of rotatable bonds is 1. The first-order valence-corrected chi connectivity index (χ1v) is 1.50. The molecule has 0 rings (SSSR count). The van der Waals surface area contributed by atoms with E-state index in [1.807, 2.05) is 12.9 Å². The summed E-state index contributed by atoms with van der Waals surface area (Å²) < 4.78 is 0. The van der Waals surface area contributed by atoms with Crippen LogP contribution in [0.4, 0.5) is 0 Å². The van der Waals surface area contributed by atoms with Crippen molar-refractivity contribution in [3.63, 3.8) is 0 Å². The van der Waals surface area contributed by atoms with Gasteiger partial charge in [-0.05, 0) is 6.92 Å². The van der Waals surface area contributed by atoms with Crippen molar-refractivity contribution in [2.24, 2.45) is 4.99 Å². The molecule has 0 aliphatic carbocycles. The van der Waals surface area contributed by atoms with E-state index in [0.717, 1.165) is 0 Å². The molecule has 0 bridgehead atoms. The number of nitrogens with zero attached hydrogens (tertiary/aromatic N) is 1. The number of hydrogen-bond donors (Lipinski definition) is 1. The van der Waals surface area contributed by atoms with Crippen molar-refractivity contribution in [3.8, 4) is 0 Å². The first-order chi connectivity index (χ1) is 2.41. The maximum absolute atomic E-state index is 6.19. The van der Waals surface area contributed by atoms with Gasteiger partial charge < -0.3 is 12.4 Å². The SMILES string of the molecule is CCN=C=N.Cl.[Cl-]. The lowest BCUT2D eigenvalue weighted by Gasteiger charge is -1.60. The van der Waals surface area contributed by atoms with E-state index < -0.39 is 0 Å². The Labute approximate surface area is 55.4 Å². The molecule has 44 valence electrons. The largest absolute Gasteiger partial charge is 1.00 e. The predicted octanol–water partition coefficient (Wildman–Crippen LogP) is -1.82. The molecular weight excluding hydrogens is 135 g/mol. The van der Waals surface area contributed by atoms with Crippen LogP contribution in [-0.4, -0.2) is 12.6 Å². The Kier molecular flexibility index (Phi) is 37.7. The number of hydrogen-bond acceptors (Lipinski definition) is 2. The van der Waals surface area contributed by atoms with Crippen LogP contribution in [0, 0.1) is 5.41 Å². The topological polar surface area (TPSA) is 36.2 Å². The van der Waals surface area contributed by atoms with Crippen molar-refractivity contribution < 1.29 is 12.4 Å². The van der Waals surface area contributed by atoms with Crippen molar-refractivity contribution in [3.05, 3.63) is 0 Å². The van der Waals surface area contributed by atoms with Gasteiger partial charge in [0.25, 0.3) is 0 Å². The summed E-state index contributed by atoms with van der Waals surface area (Å²) in [6.07, 6.45) is 0. The molecule has 7 heavy (non-hydrogen) atoms. The lowest BCUT2D eigenvalue weighted by molar-refractivity contribution is -0.00000159. The number of aliphatic imine (C=N–C) groups is 1. The van der Waals surface area contributed by atoms with Crippen molar-refractivity contribution >= 4 is 18.4 Å². The molecule has 1 N–H and O–H groups in total. The van der Waals surface area contributed by atoms with Gasteiger partial charge in [0.1, 0.15) is 0 Å². The Hall–Kier alpha value is -0.0400. The molecule has 0 spiro atoms. The Balaban J connectivity index is -0.0000000800. The third kappa shape index (κ3) is 24.3. The van der Waals surface area contributed by atoms with Gasteiger partial charge in [-0.25, -0.2) is 10.4 Å². The van der Waals surface area contributed by atoms with Crippen LogP contribution in [-0.2, 0) is 0 Å². The maximum Gasteiger partial charge on any atom is 0.0861 e. The zero-order valence-electron chi connectivity index (χ0n) is 3.94. The van der Waals surface area contributed by atoms with Crippen LogP contribution < -0.4 is 12.4 Å². The molecule has 0 atom stereocenters. The molecule has 2 nitrogen and oxygen atoms in total. The van der Waals surface area contributed by atoms with E-state index in [1.165, 1.54) is 0 Å². The Bertz CT molecular complexity index is 58.0. The fourth-order valence-electron chi connectivity index (χ4n) is 0.0791. The van der Waals surface area contributed by atoms with Gasteiger partial charge >= 0.3 is 0 Å². The van der Waals surface area contributed by atoms with E-state index in [1.54, 1.807) is 0 Å². The van der Waals surface area contributed by atoms with Gasteiger partial charge in [0.05, 0.1) is 6.01 Å². The van der Waals surface area contributed by atoms with Crippen LogP contribution in [0.3, 0.4) is 0 Å². The molecule has 0 aliphatic rings. The van der Waals surface area contributed by atoms with Crippen LogP contribution in [0.2, 0.25) is 0 Å². The molecule has 0 saturated carbocycles. The van der Waals surface area contributed by atoms with E-state index in [-0.39, 0.29) is 24.8 Å². The van der Waals surface area contributed by atoms with Gasteiger partial charge in [-0.1, -0.05) is 0 Å². The molecule has 0 heterocycles. The van der Waals surface area contributed by atoms with Crippen molar-refractivity contribution in [2.45, 2.75) is 6.92 Å². The summed E-state index contributed by atoms with van der Waals surface area (Å²) in [5.41, 5.74) is 0. The van der Waals surface area contributed by atoms with Gasteiger partial charge in [-0.2, -0.15) is 0 Å². The first kappa shape index (κ1) is 15.8. The monoisotopic (exact) mass is 141 g/mol. The van der Waals surface area contributed by atoms with Crippen molar-refractivity contribution in [2.75, 3.05) is 6.54 Å². The quantitative estimate of drug-likeness (QED) is 0.419. The predicted molar refractivity (Wildman–Crippen MR) is 27.9 cm³/mol. The van der Waals surface area contributed by atoms with E-state index in [0.29, 0.717) is 6.54 Å². The standard InChI is InChI=1S/C3H6N2.2ClH/c1-2-5-3-4;;/h4H,2H2,1H3;2*1H/p-1. The summed E-state index contributed by atoms with van der Waals surface area (Å²) in [6, 6.07) is 1.89. The average molecular weight is 142 g/mol. The van der Waals surface area contributed by atoms with E-state index in [9.17, 15) is 0 Å². The minimum absolute atomic E-state index is 0. The molecule has 0 aliphatic heterocycles. The third-order valence-corrected chi connectivity index (χ3v) is 0.237. The van der Waals surface area contributed by atoms with Crippen LogP contribution in [0.5, 0.6) is 0 Å². The zero-order chi connectivity index (χ0) is 4.12. The summed E-state index contributed by atoms with van der Waals surface area (Å²) in [6.45, 7) is 2.53. The highest BCUT2D eigenvalue weighted by Crippen LogP contribution is 1.53. The second-order valence-electron chi connectivity index (χ2n) is 0.586.